The van der Waals surface area contributed by atoms with Crippen LogP contribution >= 0.6 is 11.8 Å². The number of benzene rings is 1. The van der Waals surface area contributed by atoms with Gasteiger partial charge < -0.3 is 24.5 Å². The van der Waals surface area contributed by atoms with Gasteiger partial charge in [-0.1, -0.05) is 45.1 Å². The van der Waals surface area contributed by atoms with Gasteiger partial charge >= 0.3 is 0 Å². The Bertz CT molecular complexity index is 1330. The van der Waals surface area contributed by atoms with Crippen LogP contribution < -0.4 is 9.64 Å². The lowest BCUT2D eigenvalue weighted by Gasteiger charge is -2.45. The summed E-state index contributed by atoms with van der Waals surface area (Å²) in [6, 6.07) is 6.05. The molecule has 1 aromatic rings. The summed E-state index contributed by atoms with van der Waals surface area (Å²) < 4.78 is 3.95. The van der Waals surface area contributed by atoms with Gasteiger partial charge in [0.25, 0.3) is 0 Å². The van der Waals surface area contributed by atoms with E-state index in [1.165, 1.54) is 0 Å². The van der Waals surface area contributed by atoms with E-state index >= 15 is 0 Å². The number of thioether (sulfide) groups is 1. The van der Waals surface area contributed by atoms with E-state index in [2.05, 4.69) is 40.7 Å². The van der Waals surface area contributed by atoms with Crippen molar-refractivity contribution in [1.82, 2.24) is 9.80 Å². The van der Waals surface area contributed by atoms with Crippen LogP contribution in [0.2, 0.25) is 0 Å². The zero-order valence-corrected chi connectivity index (χ0v) is 27.6. The summed E-state index contributed by atoms with van der Waals surface area (Å²) >= 11 is 1.57. The average molecular weight is 610 g/mol. The lowest BCUT2D eigenvalue weighted by molar-refractivity contribution is -0.148. The van der Waals surface area contributed by atoms with Crippen molar-refractivity contribution >= 4 is 35.2 Å². The van der Waals surface area contributed by atoms with Gasteiger partial charge in [0.1, 0.15) is 11.8 Å². The van der Waals surface area contributed by atoms with Gasteiger partial charge in [0.2, 0.25) is 17.7 Å². The molecule has 0 aliphatic carbocycles. The molecule has 1 unspecified atom stereocenters. The summed E-state index contributed by atoms with van der Waals surface area (Å²) in [5.41, 5.74) is 0.241. The van der Waals surface area contributed by atoms with Crippen LogP contribution in [0.25, 0.3) is 0 Å². The number of hydrogen-bond acceptors (Lipinski definition) is 6. The standard InChI is InChI=1S/C34H47N3O5S/c1-9-42-24-14-12-23(13-15-24)35-18-10-16-33(8)25(28(35)39)26-29(40)37(22(2)20-38)27-30(41)36(19-11-17-34(26,27)43-33)32(6,7)21-31(3,4)5/h10-17,22,25-27,38H,9,18-21H2,1-8H3/t22-,25+,26+,27?,33-,34+/m1/s1. The molecule has 0 saturated carbocycles. The Morgan fingerprint density at radius 2 is 1.63 bits per heavy atom. The Labute approximate surface area is 260 Å². The number of carbonyl (C=O) groups excluding carboxylic acids is 3. The second kappa shape index (κ2) is 11.0. The highest BCUT2D eigenvalue weighted by Crippen LogP contribution is 2.66. The van der Waals surface area contributed by atoms with E-state index in [9.17, 15) is 19.5 Å². The zero-order valence-electron chi connectivity index (χ0n) is 26.8. The summed E-state index contributed by atoms with van der Waals surface area (Å²) in [7, 11) is 0. The first kappa shape index (κ1) is 31.6. The third-order valence-electron chi connectivity index (χ3n) is 9.39. The summed E-state index contributed by atoms with van der Waals surface area (Å²) in [5, 5.41) is 10.3. The van der Waals surface area contributed by atoms with Crippen molar-refractivity contribution < 1.29 is 24.2 Å². The van der Waals surface area contributed by atoms with Gasteiger partial charge in [-0.05, 0) is 70.7 Å². The summed E-state index contributed by atoms with van der Waals surface area (Å²) in [5.74, 6) is -1.22. The minimum Gasteiger partial charge on any atom is -0.494 e. The highest BCUT2D eigenvalue weighted by atomic mass is 32.2. The van der Waals surface area contributed by atoms with Gasteiger partial charge in [0, 0.05) is 29.1 Å². The number of carbonyl (C=O) groups is 3. The first-order valence-corrected chi connectivity index (χ1v) is 16.3. The lowest BCUT2D eigenvalue weighted by Crippen LogP contribution is -2.60. The predicted molar refractivity (Wildman–Crippen MR) is 171 cm³/mol. The van der Waals surface area contributed by atoms with Crippen molar-refractivity contribution in [1.29, 1.82) is 0 Å². The van der Waals surface area contributed by atoms with E-state index < -0.39 is 39.0 Å². The van der Waals surface area contributed by atoms with Crippen molar-refractivity contribution in [2.45, 2.75) is 88.9 Å². The lowest BCUT2D eigenvalue weighted by atomic mass is 9.74. The first-order valence-electron chi connectivity index (χ1n) is 15.4. The number of nitrogens with zero attached hydrogens (tertiary/aromatic N) is 3. The van der Waals surface area contributed by atoms with Crippen LogP contribution in [0.1, 0.15) is 61.8 Å². The molecular weight excluding hydrogens is 562 g/mol. The smallest absolute Gasteiger partial charge is 0.247 e. The Kier molecular flexibility index (Phi) is 8.08. The minimum absolute atomic E-state index is 0.0199. The van der Waals surface area contributed by atoms with Crippen molar-refractivity contribution in [2.75, 3.05) is 31.2 Å². The highest BCUT2D eigenvalue weighted by molar-refractivity contribution is 8.02. The highest BCUT2D eigenvalue weighted by Gasteiger charge is 2.74. The monoisotopic (exact) mass is 609 g/mol. The molecule has 4 aliphatic heterocycles. The molecule has 43 heavy (non-hydrogen) atoms. The van der Waals surface area contributed by atoms with Crippen molar-refractivity contribution in [2.24, 2.45) is 17.3 Å². The third kappa shape index (κ3) is 5.20. The maximum Gasteiger partial charge on any atom is 0.247 e. The Morgan fingerprint density at radius 3 is 2.23 bits per heavy atom. The molecule has 0 bridgehead atoms. The normalized spacial score (nSPS) is 31.5. The molecule has 9 heteroatoms. The van der Waals surface area contributed by atoms with Crippen LogP contribution in [-0.2, 0) is 14.4 Å². The average Bonchev–Trinajstić information content (AvgIpc) is 3.19. The van der Waals surface area contributed by atoms with E-state index in [4.69, 9.17) is 4.74 Å². The summed E-state index contributed by atoms with van der Waals surface area (Å²) in [6.45, 7) is 17.5. The van der Waals surface area contributed by atoms with Crippen LogP contribution in [-0.4, -0.2) is 86.0 Å². The SMILES string of the molecule is CCOc1ccc(N2CC=C[C@@]3(C)S[C@]45C=CCN(C(C)(C)CC(C)(C)C)C(=O)C4N([C@H](C)CO)C(=O)[C@@H]5[C@H]3C2=O)cc1. The van der Waals surface area contributed by atoms with E-state index in [0.717, 1.165) is 17.9 Å². The molecule has 0 aromatic heterocycles. The Balaban J connectivity index is 1.60. The van der Waals surface area contributed by atoms with E-state index in [-0.39, 0.29) is 29.7 Å². The topological polar surface area (TPSA) is 90.4 Å². The van der Waals surface area contributed by atoms with Crippen LogP contribution in [0, 0.1) is 17.3 Å². The molecule has 4 aliphatic rings. The first-order chi connectivity index (χ1) is 20.1. The minimum atomic E-state index is -0.953. The molecular formula is C34H47N3O5S. The molecule has 1 N–H and O–H groups in total. The fraction of sp³-hybridized carbons (Fsp3) is 0.618. The fourth-order valence-corrected chi connectivity index (χ4v) is 10.2. The number of aliphatic hydroxyl groups excluding tert-OH is 1. The van der Waals surface area contributed by atoms with Crippen molar-refractivity contribution in [3.8, 4) is 5.75 Å². The van der Waals surface area contributed by atoms with Crippen LogP contribution in [0.4, 0.5) is 5.69 Å². The number of hydrogen-bond donors (Lipinski definition) is 1. The molecule has 0 radical (unpaired) electrons. The van der Waals surface area contributed by atoms with E-state index in [1.807, 2.05) is 61.2 Å². The quantitative estimate of drug-likeness (QED) is 0.452. The maximum atomic E-state index is 14.8. The largest absolute Gasteiger partial charge is 0.494 e. The molecule has 2 saturated heterocycles. The van der Waals surface area contributed by atoms with Gasteiger partial charge in [-0.15, -0.1) is 11.8 Å². The molecule has 8 nitrogen and oxygen atoms in total. The predicted octanol–water partition coefficient (Wildman–Crippen LogP) is 4.67. The number of likely N-dealkylation sites (tertiary alicyclic amines) is 1. The fourth-order valence-electron chi connectivity index (χ4n) is 8.08. The van der Waals surface area contributed by atoms with Crippen molar-refractivity contribution in [3.05, 3.63) is 48.6 Å². The second-order valence-electron chi connectivity index (χ2n) is 14.5. The molecule has 4 heterocycles. The number of ether oxygens (including phenoxy) is 1. The third-order valence-corrected chi connectivity index (χ3v) is 11.2. The summed E-state index contributed by atoms with van der Waals surface area (Å²) in [4.78, 5) is 49.2. The molecule has 234 valence electrons. The van der Waals surface area contributed by atoms with Gasteiger partial charge in [0.15, 0.2) is 0 Å². The number of anilines is 1. The molecule has 2 fully saturated rings. The zero-order chi connectivity index (χ0) is 31.5. The number of amides is 3. The number of aliphatic hydroxyl groups is 1. The van der Waals surface area contributed by atoms with Gasteiger partial charge in [-0.3, -0.25) is 14.4 Å². The maximum absolute atomic E-state index is 14.8. The van der Waals surface area contributed by atoms with Gasteiger partial charge in [-0.2, -0.15) is 0 Å². The number of rotatable bonds is 7. The van der Waals surface area contributed by atoms with Gasteiger partial charge in [0.05, 0.1) is 35.8 Å². The van der Waals surface area contributed by atoms with Crippen molar-refractivity contribution in [3.63, 3.8) is 0 Å². The van der Waals surface area contributed by atoms with E-state index in [1.54, 1.807) is 28.5 Å². The van der Waals surface area contributed by atoms with Crippen LogP contribution in [0.5, 0.6) is 5.75 Å². The Hall–Kier alpha value is -2.78. The molecule has 1 spiro atoms. The Morgan fingerprint density at radius 1 is 0.977 bits per heavy atom. The van der Waals surface area contributed by atoms with Gasteiger partial charge in [-0.25, -0.2) is 0 Å². The van der Waals surface area contributed by atoms with Crippen LogP contribution in [0.15, 0.2) is 48.6 Å². The van der Waals surface area contributed by atoms with Crippen LogP contribution in [0.3, 0.4) is 0 Å². The molecule has 1 aromatic carbocycles. The summed E-state index contributed by atoms with van der Waals surface area (Å²) in [6.07, 6.45) is 8.92. The number of fused-ring (bicyclic) bond motifs is 2. The molecule has 5 rings (SSSR count). The second-order valence-corrected chi connectivity index (χ2v) is 16.2. The molecule has 3 amide bonds. The van der Waals surface area contributed by atoms with E-state index in [0.29, 0.717) is 19.7 Å². The molecule has 6 atom stereocenters.